The van der Waals surface area contributed by atoms with Gasteiger partial charge in [-0.2, -0.15) is 0 Å². The lowest BCUT2D eigenvalue weighted by Gasteiger charge is -2.34. The van der Waals surface area contributed by atoms with E-state index in [1.54, 1.807) is 11.0 Å². The fourth-order valence-electron chi connectivity index (χ4n) is 2.98. The number of rotatable bonds is 2. The molecule has 1 aliphatic rings. The van der Waals surface area contributed by atoms with Crippen molar-refractivity contribution in [2.24, 2.45) is 0 Å². The van der Waals surface area contributed by atoms with Gasteiger partial charge in [-0.15, -0.1) is 0 Å². The molecular weight excluding hydrogens is 320 g/mol. The second kappa shape index (κ2) is 6.78. The van der Waals surface area contributed by atoms with Gasteiger partial charge in [0.15, 0.2) is 0 Å². The van der Waals surface area contributed by atoms with Crippen molar-refractivity contribution in [1.82, 2.24) is 4.90 Å². The standard InChI is InChI=1S/C19H24N2O4/c1-19(2,3)25-18(23)21-10-8-13(9-11-21)20-15-12-17(22)24-16-7-5-4-6-14(15)16/h4-7,12-13,20H,8-11H2,1-3H3. The number of nitrogens with one attached hydrogen (secondary N) is 1. The fraction of sp³-hybridized carbons (Fsp3) is 0.474. The molecule has 6 heteroatoms. The summed E-state index contributed by atoms with van der Waals surface area (Å²) >= 11 is 0. The predicted octanol–water partition coefficient (Wildman–Crippen LogP) is 3.60. The van der Waals surface area contributed by atoms with E-state index in [2.05, 4.69) is 5.32 Å². The SMILES string of the molecule is CC(C)(C)OC(=O)N1CCC(Nc2cc(=O)oc3ccccc23)CC1. The maximum Gasteiger partial charge on any atom is 0.410 e. The van der Waals surface area contributed by atoms with Crippen LogP contribution in [0.2, 0.25) is 0 Å². The number of piperidine rings is 1. The molecule has 1 amide bonds. The number of anilines is 1. The van der Waals surface area contributed by atoms with Crippen molar-refractivity contribution < 1.29 is 13.9 Å². The van der Waals surface area contributed by atoms with Crippen LogP contribution in [0.3, 0.4) is 0 Å². The number of para-hydroxylation sites is 1. The van der Waals surface area contributed by atoms with Crippen LogP contribution in [0.4, 0.5) is 10.5 Å². The van der Waals surface area contributed by atoms with Crippen LogP contribution in [-0.2, 0) is 4.74 Å². The maximum absolute atomic E-state index is 12.1. The second-order valence-electron chi connectivity index (χ2n) is 7.36. The first-order chi connectivity index (χ1) is 11.8. The second-order valence-corrected chi connectivity index (χ2v) is 7.36. The first-order valence-electron chi connectivity index (χ1n) is 8.59. The lowest BCUT2D eigenvalue weighted by atomic mass is 10.0. The molecule has 134 valence electrons. The van der Waals surface area contributed by atoms with E-state index >= 15 is 0 Å². The van der Waals surface area contributed by atoms with Gasteiger partial charge in [0.1, 0.15) is 11.2 Å². The molecule has 3 rings (SSSR count). The van der Waals surface area contributed by atoms with E-state index in [1.807, 2.05) is 39.0 Å². The Morgan fingerprint density at radius 2 is 1.92 bits per heavy atom. The minimum Gasteiger partial charge on any atom is -0.444 e. The van der Waals surface area contributed by atoms with E-state index in [-0.39, 0.29) is 17.8 Å². The van der Waals surface area contributed by atoms with Gasteiger partial charge in [0.2, 0.25) is 0 Å². The Morgan fingerprint density at radius 3 is 2.60 bits per heavy atom. The van der Waals surface area contributed by atoms with Crippen molar-refractivity contribution >= 4 is 22.7 Å². The number of ether oxygens (including phenoxy) is 1. The number of fused-ring (bicyclic) bond motifs is 1. The fourth-order valence-corrected chi connectivity index (χ4v) is 2.98. The summed E-state index contributed by atoms with van der Waals surface area (Å²) in [6, 6.07) is 9.16. The molecule has 0 unspecified atom stereocenters. The van der Waals surface area contributed by atoms with Gasteiger partial charge in [-0.25, -0.2) is 9.59 Å². The summed E-state index contributed by atoms with van der Waals surface area (Å²) in [6.07, 6.45) is 1.33. The molecule has 0 saturated carbocycles. The van der Waals surface area contributed by atoms with Gasteiger partial charge < -0.3 is 19.4 Å². The minimum atomic E-state index is -0.483. The number of likely N-dealkylation sites (tertiary alicyclic amines) is 1. The molecule has 2 aromatic rings. The van der Waals surface area contributed by atoms with E-state index in [4.69, 9.17) is 9.15 Å². The Labute approximate surface area is 146 Å². The largest absolute Gasteiger partial charge is 0.444 e. The van der Waals surface area contributed by atoms with Gasteiger partial charge in [0.05, 0.1) is 5.69 Å². The highest BCUT2D eigenvalue weighted by Gasteiger charge is 2.27. The molecule has 0 bridgehead atoms. The molecule has 0 aliphatic carbocycles. The van der Waals surface area contributed by atoms with Crippen molar-refractivity contribution in [2.75, 3.05) is 18.4 Å². The Hall–Kier alpha value is -2.50. The molecule has 25 heavy (non-hydrogen) atoms. The summed E-state index contributed by atoms with van der Waals surface area (Å²) in [7, 11) is 0. The van der Waals surface area contributed by atoms with Gasteiger partial charge in [0.25, 0.3) is 0 Å². The zero-order chi connectivity index (χ0) is 18.0. The van der Waals surface area contributed by atoms with Crippen LogP contribution in [0.5, 0.6) is 0 Å². The first kappa shape index (κ1) is 17.3. The minimum absolute atomic E-state index is 0.198. The third-order valence-electron chi connectivity index (χ3n) is 4.16. The van der Waals surface area contributed by atoms with Crippen molar-refractivity contribution in [3.8, 4) is 0 Å². The molecular formula is C19H24N2O4. The topological polar surface area (TPSA) is 71.8 Å². The summed E-state index contributed by atoms with van der Waals surface area (Å²) in [5.74, 6) is 0. The zero-order valence-electron chi connectivity index (χ0n) is 14.9. The average molecular weight is 344 g/mol. The third kappa shape index (κ3) is 4.32. The zero-order valence-corrected chi connectivity index (χ0v) is 14.9. The van der Waals surface area contributed by atoms with Gasteiger partial charge in [-0.3, -0.25) is 0 Å². The van der Waals surface area contributed by atoms with Crippen LogP contribution in [0.1, 0.15) is 33.6 Å². The van der Waals surface area contributed by atoms with Gasteiger partial charge in [-0.1, -0.05) is 12.1 Å². The van der Waals surface area contributed by atoms with E-state index < -0.39 is 5.60 Å². The molecule has 1 aromatic carbocycles. The first-order valence-corrected chi connectivity index (χ1v) is 8.59. The predicted molar refractivity (Wildman–Crippen MR) is 96.9 cm³/mol. The summed E-state index contributed by atoms with van der Waals surface area (Å²) < 4.78 is 10.6. The van der Waals surface area contributed by atoms with E-state index in [0.29, 0.717) is 18.7 Å². The van der Waals surface area contributed by atoms with E-state index in [9.17, 15) is 9.59 Å². The van der Waals surface area contributed by atoms with Crippen LogP contribution in [0.15, 0.2) is 39.5 Å². The normalized spacial score (nSPS) is 16.0. The molecule has 1 aliphatic heterocycles. The highest BCUT2D eigenvalue weighted by atomic mass is 16.6. The third-order valence-corrected chi connectivity index (χ3v) is 4.16. The van der Waals surface area contributed by atoms with Gasteiger partial charge in [-0.05, 0) is 45.7 Å². The lowest BCUT2D eigenvalue weighted by molar-refractivity contribution is 0.0210. The highest BCUT2D eigenvalue weighted by molar-refractivity contribution is 5.89. The van der Waals surface area contributed by atoms with Crippen molar-refractivity contribution in [3.05, 3.63) is 40.8 Å². The molecule has 1 saturated heterocycles. The lowest BCUT2D eigenvalue weighted by Crippen LogP contribution is -2.44. The van der Waals surface area contributed by atoms with Crippen LogP contribution in [-0.4, -0.2) is 35.7 Å². The number of benzene rings is 1. The van der Waals surface area contributed by atoms with E-state index in [1.165, 1.54) is 6.07 Å². The number of hydrogen-bond donors (Lipinski definition) is 1. The molecule has 2 heterocycles. The molecule has 6 nitrogen and oxygen atoms in total. The van der Waals surface area contributed by atoms with Crippen LogP contribution < -0.4 is 10.9 Å². The molecule has 0 radical (unpaired) electrons. The van der Waals surface area contributed by atoms with Crippen molar-refractivity contribution in [1.29, 1.82) is 0 Å². The number of amides is 1. The van der Waals surface area contributed by atoms with Crippen LogP contribution in [0.25, 0.3) is 11.0 Å². The monoisotopic (exact) mass is 344 g/mol. The Kier molecular flexibility index (Phi) is 4.70. The summed E-state index contributed by atoms with van der Waals surface area (Å²) in [5.41, 5.74) is 0.502. The molecule has 1 fully saturated rings. The molecule has 0 atom stereocenters. The maximum atomic E-state index is 12.1. The molecule has 1 aromatic heterocycles. The van der Waals surface area contributed by atoms with Gasteiger partial charge in [0, 0.05) is 30.6 Å². The Morgan fingerprint density at radius 1 is 1.24 bits per heavy atom. The van der Waals surface area contributed by atoms with Gasteiger partial charge >= 0.3 is 11.7 Å². The van der Waals surface area contributed by atoms with Crippen molar-refractivity contribution in [2.45, 2.75) is 45.3 Å². The average Bonchev–Trinajstić information content (AvgIpc) is 2.53. The van der Waals surface area contributed by atoms with Crippen LogP contribution >= 0.6 is 0 Å². The quantitative estimate of drug-likeness (QED) is 0.843. The molecule has 0 spiro atoms. The number of hydrogen-bond acceptors (Lipinski definition) is 5. The molecule has 1 N–H and O–H groups in total. The smallest absolute Gasteiger partial charge is 0.410 e. The number of nitrogens with zero attached hydrogens (tertiary/aromatic N) is 1. The Balaban J connectivity index is 1.65. The summed E-state index contributed by atoms with van der Waals surface area (Å²) in [4.78, 5) is 25.6. The Bertz CT molecular complexity index is 814. The highest BCUT2D eigenvalue weighted by Crippen LogP contribution is 2.24. The van der Waals surface area contributed by atoms with Crippen molar-refractivity contribution in [3.63, 3.8) is 0 Å². The summed E-state index contributed by atoms with van der Waals surface area (Å²) in [6.45, 7) is 6.86. The van der Waals surface area contributed by atoms with E-state index in [0.717, 1.165) is 23.9 Å². The number of carbonyl (C=O) groups excluding carboxylic acids is 1. The summed E-state index contributed by atoms with van der Waals surface area (Å²) in [5, 5.41) is 4.32. The van der Waals surface area contributed by atoms with Crippen LogP contribution in [0, 0.1) is 0 Å². The number of carbonyl (C=O) groups is 1.